The summed E-state index contributed by atoms with van der Waals surface area (Å²) < 4.78 is 0. The van der Waals surface area contributed by atoms with E-state index in [2.05, 4.69) is 5.32 Å². The minimum Gasteiger partial charge on any atom is -0.423 e. The highest BCUT2D eigenvalue weighted by molar-refractivity contribution is 6.60. The summed E-state index contributed by atoms with van der Waals surface area (Å²) in [6.45, 7) is 6.23. The highest BCUT2D eigenvalue weighted by Gasteiger charge is 2.25. The monoisotopic (exact) mass is 423 g/mol. The number of nitrogens with zero attached hydrogens (tertiary/aromatic N) is 2. The van der Waals surface area contributed by atoms with E-state index in [1.54, 1.807) is 4.90 Å². The smallest absolute Gasteiger partial charge is 0.423 e. The summed E-state index contributed by atoms with van der Waals surface area (Å²) in [5, 5.41) is 21.5. The molecule has 1 fully saturated rings. The van der Waals surface area contributed by atoms with Crippen LogP contribution in [0, 0.1) is 13.8 Å². The maximum Gasteiger partial charge on any atom is 0.489 e. The Morgan fingerprint density at radius 2 is 1.81 bits per heavy atom. The Bertz CT molecular complexity index is 987. The molecule has 0 saturated carbocycles. The van der Waals surface area contributed by atoms with Gasteiger partial charge in [0.15, 0.2) is 0 Å². The fourth-order valence-corrected chi connectivity index (χ4v) is 3.62. The molecule has 0 bridgehead atoms. The summed E-state index contributed by atoms with van der Waals surface area (Å²) in [6, 6.07) is 10.0. The van der Waals surface area contributed by atoms with E-state index in [0.29, 0.717) is 38.0 Å². The molecule has 0 unspecified atom stereocenters. The second-order valence-corrected chi connectivity index (χ2v) is 7.70. The van der Waals surface area contributed by atoms with E-state index in [1.165, 1.54) is 18.2 Å². The molecule has 2 amide bonds. The molecule has 2 aromatic rings. The van der Waals surface area contributed by atoms with Crippen molar-refractivity contribution in [3.8, 4) is 0 Å². The zero-order chi connectivity index (χ0) is 22.5. The second kappa shape index (κ2) is 9.87. The Morgan fingerprint density at radius 3 is 2.45 bits per heavy atom. The van der Waals surface area contributed by atoms with Gasteiger partial charge in [-0.2, -0.15) is 0 Å². The molecule has 1 aliphatic heterocycles. The average molecular weight is 423 g/mol. The summed E-state index contributed by atoms with van der Waals surface area (Å²) in [6.07, 6.45) is 0.498. The Balaban J connectivity index is 1.55. The van der Waals surface area contributed by atoms with E-state index in [1.807, 2.05) is 36.9 Å². The van der Waals surface area contributed by atoms with Crippen LogP contribution in [0.1, 0.15) is 31.8 Å². The van der Waals surface area contributed by atoms with Gasteiger partial charge in [0.2, 0.25) is 5.91 Å². The number of rotatable bonds is 6. The van der Waals surface area contributed by atoms with Gasteiger partial charge in [-0.1, -0.05) is 18.2 Å². The Labute approximate surface area is 181 Å². The van der Waals surface area contributed by atoms with Gasteiger partial charge in [0.25, 0.3) is 5.91 Å². The summed E-state index contributed by atoms with van der Waals surface area (Å²) in [4.78, 5) is 40.1. The van der Waals surface area contributed by atoms with E-state index in [-0.39, 0.29) is 29.4 Å². The van der Waals surface area contributed by atoms with Crippen LogP contribution in [0.3, 0.4) is 0 Å². The SMILES string of the molecule is Cc1cccc(NC(=O)CN2CCN(C(=O)c3ccc(B(O)O)c(C=O)c3)CC2)c1C. The Kier molecular flexibility index (Phi) is 7.22. The third-order valence-electron chi connectivity index (χ3n) is 5.64. The van der Waals surface area contributed by atoms with Crippen molar-refractivity contribution in [2.75, 3.05) is 38.0 Å². The molecule has 0 atom stereocenters. The highest BCUT2D eigenvalue weighted by atomic mass is 16.4. The van der Waals surface area contributed by atoms with Crippen LogP contribution in [0.15, 0.2) is 36.4 Å². The van der Waals surface area contributed by atoms with Crippen LogP contribution >= 0.6 is 0 Å². The number of benzene rings is 2. The normalized spacial score (nSPS) is 14.3. The highest BCUT2D eigenvalue weighted by Crippen LogP contribution is 2.18. The lowest BCUT2D eigenvalue weighted by Crippen LogP contribution is -2.50. The first-order valence-electron chi connectivity index (χ1n) is 10.1. The minimum absolute atomic E-state index is 0.0613. The van der Waals surface area contributed by atoms with Gasteiger partial charge in [-0.15, -0.1) is 0 Å². The van der Waals surface area contributed by atoms with Crippen LogP contribution in [-0.2, 0) is 4.79 Å². The summed E-state index contributed by atoms with van der Waals surface area (Å²) >= 11 is 0. The van der Waals surface area contributed by atoms with Crippen molar-refractivity contribution in [1.29, 1.82) is 0 Å². The number of hydrogen-bond acceptors (Lipinski definition) is 6. The average Bonchev–Trinajstić information content (AvgIpc) is 2.76. The first kappa shape index (κ1) is 22.7. The molecular formula is C22H26BN3O5. The molecule has 0 radical (unpaired) electrons. The molecule has 9 heteroatoms. The van der Waals surface area contributed by atoms with Gasteiger partial charge in [0.1, 0.15) is 6.29 Å². The second-order valence-electron chi connectivity index (χ2n) is 7.70. The molecule has 3 rings (SSSR count). The molecule has 0 spiro atoms. The molecule has 3 N–H and O–H groups in total. The summed E-state index contributed by atoms with van der Waals surface area (Å²) in [5.74, 6) is -0.330. The lowest BCUT2D eigenvalue weighted by atomic mass is 9.77. The van der Waals surface area contributed by atoms with Crippen molar-refractivity contribution in [2.45, 2.75) is 13.8 Å². The molecule has 0 aliphatic carbocycles. The molecule has 1 saturated heterocycles. The van der Waals surface area contributed by atoms with E-state index in [9.17, 15) is 24.4 Å². The topological polar surface area (TPSA) is 110 Å². The van der Waals surface area contributed by atoms with E-state index >= 15 is 0 Å². The van der Waals surface area contributed by atoms with Gasteiger partial charge in [-0.3, -0.25) is 19.3 Å². The molecule has 0 aromatic heterocycles. The first-order valence-corrected chi connectivity index (χ1v) is 10.1. The molecular weight excluding hydrogens is 397 g/mol. The Morgan fingerprint density at radius 1 is 1.10 bits per heavy atom. The number of carbonyl (C=O) groups excluding carboxylic acids is 3. The number of amides is 2. The third kappa shape index (κ3) is 5.38. The number of piperazine rings is 1. The van der Waals surface area contributed by atoms with Crippen molar-refractivity contribution < 1.29 is 24.4 Å². The zero-order valence-corrected chi connectivity index (χ0v) is 17.7. The maximum absolute atomic E-state index is 12.8. The van der Waals surface area contributed by atoms with Gasteiger partial charge >= 0.3 is 7.12 Å². The summed E-state index contributed by atoms with van der Waals surface area (Å²) in [5.41, 5.74) is 3.41. The number of aryl methyl sites for hydroxylation is 1. The largest absolute Gasteiger partial charge is 0.489 e. The fourth-order valence-electron chi connectivity index (χ4n) is 3.62. The number of hydrogen-bond donors (Lipinski definition) is 3. The predicted molar refractivity (Wildman–Crippen MR) is 119 cm³/mol. The van der Waals surface area contributed by atoms with Crippen LogP contribution in [0.25, 0.3) is 0 Å². The van der Waals surface area contributed by atoms with Gasteiger partial charge in [-0.05, 0) is 48.6 Å². The lowest BCUT2D eigenvalue weighted by Gasteiger charge is -2.34. The predicted octanol–water partition coefficient (Wildman–Crippen LogP) is 0.192. The standard InChI is InChI=1S/C22H26BN3O5/c1-15-4-3-5-20(16(15)2)24-21(28)13-25-8-10-26(11-9-25)22(29)17-6-7-19(23(30)31)18(12-17)14-27/h3-7,12,14,30-31H,8-11,13H2,1-2H3,(H,24,28). The quantitative estimate of drug-likeness (QED) is 0.452. The number of nitrogens with one attached hydrogen (secondary N) is 1. The number of anilines is 1. The molecule has 162 valence electrons. The fraction of sp³-hybridized carbons (Fsp3) is 0.318. The maximum atomic E-state index is 12.8. The Hall–Kier alpha value is -3.01. The van der Waals surface area contributed by atoms with Crippen LogP contribution < -0.4 is 10.8 Å². The summed E-state index contributed by atoms with van der Waals surface area (Å²) in [7, 11) is -1.78. The zero-order valence-electron chi connectivity index (χ0n) is 17.7. The van der Waals surface area contributed by atoms with Crippen molar-refractivity contribution in [2.24, 2.45) is 0 Å². The van der Waals surface area contributed by atoms with Crippen molar-refractivity contribution in [3.63, 3.8) is 0 Å². The molecule has 2 aromatic carbocycles. The molecule has 31 heavy (non-hydrogen) atoms. The van der Waals surface area contributed by atoms with Crippen LogP contribution in [0.2, 0.25) is 0 Å². The van der Waals surface area contributed by atoms with Crippen molar-refractivity contribution in [1.82, 2.24) is 9.80 Å². The van der Waals surface area contributed by atoms with E-state index in [4.69, 9.17) is 0 Å². The minimum atomic E-state index is -1.78. The third-order valence-corrected chi connectivity index (χ3v) is 5.64. The first-order chi connectivity index (χ1) is 14.8. The molecule has 8 nitrogen and oxygen atoms in total. The van der Waals surface area contributed by atoms with Gasteiger partial charge in [-0.25, -0.2) is 0 Å². The van der Waals surface area contributed by atoms with Crippen LogP contribution in [-0.4, -0.2) is 77.8 Å². The van der Waals surface area contributed by atoms with Crippen molar-refractivity contribution >= 4 is 36.4 Å². The number of aldehydes is 1. The van der Waals surface area contributed by atoms with Gasteiger partial charge in [0.05, 0.1) is 6.54 Å². The van der Waals surface area contributed by atoms with Gasteiger partial charge in [0, 0.05) is 43.0 Å². The van der Waals surface area contributed by atoms with Gasteiger partial charge < -0.3 is 20.3 Å². The molecule has 1 heterocycles. The van der Waals surface area contributed by atoms with E-state index in [0.717, 1.165) is 16.8 Å². The van der Waals surface area contributed by atoms with Crippen LogP contribution in [0.5, 0.6) is 0 Å². The molecule has 1 aliphatic rings. The van der Waals surface area contributed by atoms with E-state index < -0.39 is 7.12 Å². The lowest BCUT2D eigenvalue weighted by molar-refractivity contribution is -0.117. The number of carbonyl (C=O) groups is 3. The van der Waals surface area contributed by atoms with Crippen LogP contribution in [0.4, 0.5) is 5.69 Å². The van der Waals surface area contributed by atoms with Crippen molar-refractivity contribution in [3.05, 3.63) is 58.7 Å².